The van der Waals surface area contributed by atoms with Crippen molar-refractivity contribution >= 4 is 27.0 Å². The molecule has 1 fully saturated rings. The van der Waals surface area contributed by atoms with E-state index in [2.05, 4.69) is 4.98 Å². The third-order valence-electron chi connectivity index (χ3n) is 4.87. The van der Waals surface area contributed by atoms with Gasteiger partial charge in [-0.2, -0.15) is 17.0 Å². The van der Waals surface area contributed by atoms with E-state index in [1.165, 1.54) is 13.5 Å². The van der Waals surface area contributed by atoms with Crippen LogP contribution in [-0.2, 0) is 10.2 Å². The van der Waals surface area contributed by atoms with Gasteiger partial charge in [-0.1, -0.05) is 32.0 Å². The Morgan fingerprint density at radius 3 is 2.37 bits per heavy atom. The van der Waals surface area contributed by atoms with E-state index in [1.54, 1.807) is 26.0 Å². The minimum atomic E-state index is -3.51. The molecule has 2 heterocycles. The number of fused-ring (bicyclic) bond motifs is 1. The minimum absolute atomic E-state index is 0.0775. The fourth-order valence-corrected chi connectivity index (χ4v) is 4.92. The molecule has 0 saturated carbocycles. The Hall–Kier alpha value is -2.23. The number of nitrogens with zero attached hydrogens (tertiary/aromatic N) is 3. The van der Waals surface area contributed by atoms with Crippen LogP contribution in [0.1, 0.15) is 24.2 Å². The summed E-state index contributed by atoms with van der Waals surface area (Å²) in [6, 6.07) is 8.86. The molecule has 0 spiro atoms. The Balaban J connectivity index is 1.76. The average molecular weight is 392 g/mol. The van der Waals surface area contributed by atoms with Gasteiger partial charge in [0.1, 0.15) is 5.56 Å². The highest BCUT2D eigenvalue weighted by Gasteiger charge is 2.32. The number of amides is 1. The molecule has 1 N–H and O–H groups in total. The topological polar surface area (TPSA) is 93.8 Å². The van der Waals surface area contributed by atoms with E-state index in [4.69, 9.17) is 0 Å². The summed E-state index contributed by atoms with van der Waals surface area (Å²) < 4.78 is 28.0. The SMILES string of the molecule is CCN(CC)S(=O)(=O)N1CCN(C(=O)c2cc3ccccc3[nH]c2=O)CC1. The summed E-state index contributed by atoms with van der Waals surface area (Å²) in [5.74, 6) is -0.373. The summed E-state index contributed by atoms with van der Waals surface area (Å²) in [4.78, 5) is 29.3. The molecule has 1 amide bonds. The van der Waals surface area contributed by atoms with Crippen LogP contribution in [0.3, 0.4) is 0 Å². The molecule has 3 rings (SSSR count). The maximum Gasteiger partial charge on any atom is 0.282 e. The molecule has 1 aromatic heterocycles. The van der Waals surface area contributed by atoms with Crippen molar-refractivity contribution in [2.75, 3.05) is 39.3 Å². The van der Waals surface area contributed by atoms with Crippen molar-refractivity contribution in [3.8, 4) is 0 Å². The molecule has 9 heteroatoms. The van der Waals surface area contributed by atoms with E-state index < -0.39 is 15.8 Å². The van der Waals surface area contributed by atoms with E-state index in [1.807, 2.05) is 18.2 Å². The molecule has 146 valence electrons. The van der Waals surface area contributed by atoms with Crippen LogP contribution in [0.15, 0.2) is 35.1 Å². The van der Waals surface area contributed by atoms with E-state index in [0.29, 0.717) is 18.6 Å². The predicted octanol–water partition coefficient (Wildman–Crippen LogP) is 0.873. The van der Waals surface area contributed by atoms with Gasteiger partial charge in [0.05, 0.1) is 0 Å². The molecule has 27 heavy (non-hydrogen) atoms. The van der Waals surface area contributed by atoms with Crippen molar-refractivity contribution in [1.82, 2.24) is 18.5 Å². The Bertz CT molecular complexity index is 990. The van der Waals surface area contributed by atoms with Gasteiger partial charge in [0, 0.05) is 44.8 Å². The summed E-state index contributed by atoms with van der Waals surface area (Å²) in [5, 5.41) is 0.781. The van der Waals surface area contributed by atoms with Gasteiger partial charge in [0.2, 0.25) is 0 Å². The number of hydrogen-bond donors (Lipinski definition) is 1. The number of H-pyrrole nitrogens is 1. The quantitative estimate of drug-likeness (QED) is 0.817. The molecule has 8 nitrogen and oxygen atoms in total. The lowest BCUT2D eigenvalue weighted by atomic mass is 10.1. The Labute approximate surface area is 158 Å². The molecular formula is C18H24N4O4S. The van der Waals surface area contributed by atoms with Gasteiger partial charge < -0.3 is 9.88 Å². The van der Waals surface area contributed by atoms with Crippen LogP contribution in [0.2, 0.25) is 0 Å². The molecule has 1 aliphatic rings. The van der Waals surface area contributed by atoms with Gasteiger partial charge in [-0.05, 0) is 17.5 Å². The Morgan fingerprint density at radius 1 is 1.11 bits per heavy atom. The fourth-order valence-electron chi connectivity index (χ4n) is 3.31. The number of para-hydroxylation sites is 1. The lowest BCUT2D eigenvalue weighted by molar-refractivity contribution is 0.0692. The zero-order chi connectivity index (χ0) is 19.6. The monoisotopic (exact) mass is 392 g/mol. The first-order chi connectivity index (χ1) is 12.9. The molecule has 1 saturated heterocycles. The Morgan fingerprint density at radius 2 is 1.74 bits per heavy atom. The van der Waals surface area contributed by atoms with Crippen LogP contribution in [0, 0.1) is 0 Å². The third kappa shape index (κ3) is 3.76. The highest BCUT2D eigenvalue weighted by molar-refractivity contribution is 7.86. The van der Waals surface area contributed by atoms with Crippen molar-refractivity contribution in [2.45, 2.75) is 13.8 Å². The summed E-state index contributed by atoms with van der Waals surface area (Å²) in [6.07, 6.45) is 0. The summed E-state index contributed by atoms with van der Waals surface area (Å²) in [6.45, 7) is 5.36. The molecule has 0 atom stereocenters. The van der Waals surface area contributed by atoms with Crippen molar-refractivity contribution in [1.29, 1.82) is 0 Å². The van der Waals surface area contributed by atoms with Crippen LogP contribution >= 0.6 is 0 Å². The predicted molar refractivity (Wildman–Crippen MR) is 104 cm³/mol. The molecular weight excluding hydrogens is 368 g/mol. The molecule has 0 unspecified atom stereocenters. The first-order valence-corrected chi connectivity index (χ1v) is 10.4. The minimum Gasteiger partial charge on any atom is -0.336 e. The summed E-state index contributed by atoms with van der Waals surface area (Å²) in [5.41, 5.74) is 0.319. The molecule has 1 aliphatic heterocycles. The second-order valence-electron chi connectivity index (χ2n) is 6.38. The van der Waals surface area contributed by atoms with E-state index in [0.717, 1.165) is 5.39 Å². The van der Waals surface area contributed by atoms with Crippen LogP contribution in [0.25, 0.3) is 10.9 Å². The smallest absolute Gasteiger partial charge is 0.282 e. The Kier molecular flexibility index (Phi) is 5.64. The number of nitrogens with one attached hydrogen (secondary N) is 1. The van der Waals surface area contributed by atoms with Crippen molar-refractivity contribution < 1.29 is 13.2 Å². The van der Waals surface area contributed by atoms with Gasteiger partial charge in [-0.25, -0.2) is 0 Å². The average Bonchev–Trinajstić information content (AvgIpc) is 2.67. The number of rotatable bonds is 5. The highest BCUT2D eigenvalue weighted by Crippen LogP contribution is 2.15. The highest BCUT2D eigenvalue weighted by atomic mass is 32.2. The molecule has 0 radical (unpaired) electrons. The number of aromatic amines is 1. The third-order valence-corrected chi connectivity index (χ3v) is 7.05. The maximum absolute atomic E-state index is 12.8. The molecule has 2 aromatic rings. The van der Waals surface area contributed by atoms with E-state index >= 15 is 0 Å². The summed E-state index contributed by atoms with van der Waals surface area (Å²) >= 11 is 0. The number of carbonyl (C=O) groups is 1. The summed E-state index contributed by atoms with van der Waals surface area (Å²) in [7, 11) is -3.51. The van der Waals surface area contributed by atoms with Gasteiger partial charge in [0.15, 0.2) is 0 Å². The first kappa shape index (κ1) is 19.5. The van der Waals surface area contributed by atoms with Crippen LogP contribution in [0.4, 0.5) is 0 Å². The zero-order valence-corrected chi connectivity index (χ0v) is 16.3. The largest absolute Gasteiger partial charge is 0.336 e. The second kappa shape index (κ2) is 7.79. The number of carbonyl (C=O) groups excluding carboxylic acids is 1. The lowest BCUT2D eigenvalue weighted by Gasteiger charge is -2.36. The lowest BCUT2D eigenvalue weighted by Crippen LogP contribution is -2.54. The number of piperazine rings is 1. The van der Waals surface area contributed by atoms with Crippen LogP contribution in [-0.4, -0.2) is 72.1 Å². The van der Waals surface area contributed by atoms with Gasteiger partial charge in [0.25, 0.3) is 21.7 Å². The van der Waals surface area contributed by atoms with Crippen LogP contribution in [0.5, 0.6) is 0 Å². The van der Waals surface area contributed by atoms with Gasteiger partial charge >= 0.3 is 0 Å². The zero-order valence-electron chi connectivity index (χ0n) is 15.5. The van der Waals surface area contributed by atoms with Crippen molar-refractivity contribution in [3.63, 3.8) is 0 Å². The van der Waals surface area contributed by atoms with Gasteiger partial charge in [-0.3, -0.25) is 9.59 Å². The maximum atomic E-state index is 12.8. The second-order valence-corrected chi connectivity index (χ2v) is 8.31. The molecule has 1 aromatic carbocycles. The standard InChI is InChI=1S/C18H24N4O4S/c1-3-21(4-2)27(25,26)22-11-9-20(10-12-22)18(24)15-13-14-7-5-6-8-16(14)19-17(15)23/h5-8,13H,3-4,9-12H2,1-2H3,(H,19,23). The van der Waals surface area contributed by atoms with Gasteiger partial charge in [-0.15, -0.1) is 0 Å². The van der Waals surface area contributed by atoms with E-state index in [-0.39, 0.29) is 37.6 Å². The number of benzene rings is 1. The molecule has 0 bridgehead atoms. The normalized spacial score (nSPS) is 16.2. The number of hydrogen-bond acceptors (Lipinski definition) is 4. The van der Waals surface area contributed by atoms with Crippen molar-refractivity contribution in [2.24, 2.45) is 0 Å². The fraction of sp³-hybridized carbons (Fsp3) is 0.444. The van der Waals surface area contributed by atoms with Crippen LogP contribution < -0.4 is 5.56 Å². The molecule has 0 aliphatic carbocycles. The number of pyridine rings is 1. The van der Waals surface area contributed by atoms with Crippen molar-refractivity contribution in [3.05, 3.63) is 46.2 Å². The first-order valence-electron chi connectivity index (χ1n) is 9.05. The number of aromatic nitrogens is 1. The van der Waals surface area contributed by atoms with E-state index in [9.17, 15) is 18.0 Å².